The van der Waals surface area contributed by atoms with Gasteiger partial charge in [-0.15, -0.1) is 0 Å². The fourth-order valence-electron chi connectivity index (χ4n) is 2.26. The van der Waals surface area contributed by atoms with Gasteiger partial charge in [0.25, 0.3) is 0 Å². The van der Waals surface area contributed by atoms with Gasteiger partial charge in [-0.05, 0) is 25.5 Å². The molecule has 8 nitrogen and oxygen atoms in total. The van der Waals surface area contributed by atoms with Crippen LogP contribution in [0.15, 0.2) is 30.3 Å². The van der Waals surface area contributed by atoms with Crippen LogP contribution in [0, 0.1) is 0 Å². The maximum Gasteiger partial charge on any atom is 0.243 e. The molecule has 0 radical (unpaired) electrons. The van der Waals surface area contributed by atoms with E-state index in [2.05, 4.69) is 21.3 Å². The second kappa shape index (κ2) is 12.6. The Morgan fingerprint density at radius 2 is 1.63 bits per heavy atom. The van der Waals surface area contributed by atoms with Crippen LogP contribution in [0.1, 0.15) is 25.8 Å². The summed E-state index contributed by atoms with van der Waals surface area (Å²) in [6.45, 7) is 3.88. The van der Waals surface area contributed by atoms with Crippen LogP contribution in [0.5, 0.6) is 0 Å². The molecule has 1 atom stereocenters. The highest BCUT2D eigenvalue weighted by Crippen LogP contribution is 2.03. The zero-order valence-corrected chi connectivity index (χ0v) is 15.8. The standard InChI is InChI=1S/C19H28N4O4/c1-3-9-20-12-17(25)21-13-18(26)23-16(19(27)22-11-14(2)24)10-15-7-5-4-6-8-15/h4-8,16,20H,3,9-13H2,1-2H3,(H,21,25)(H,22,27)(H,23,26). The van der Waals surface area contributed by atoms with Crippen LogP contribution in [0.3, 0.4) is 0 Å². The van der Waals surface area contributed by atoms with Gasteiger partial charge in [-0.1, -0.05) is 37.3 Å². The van der Waals surface area contributed by atoms with E-state index in [1.807, 2.05) is 37.3 Å². The molecule has 1 aromatic rings. The van der Waals surface area contributed by atoms with Crippen LogP contribution < -0.4 is 21.3 Å². The molecule has 3 amide bonds. The van der Waals surface area contributed by atoms with Crippen molar-refractivity contribution in [2.24, 2.45) is 0 Å². The number of hydrogen-bond acceptors (Lipinski definition) is 5. The minimum absolute atomic E-state index is 0.0974. The van der Waals surface area contributed by atoms with Gasteiger partial charge in [-0.25, -0.2) is 0 Å². The van der Waals surface area contributed by atoms with Crippen molar-refractivity contribution in [3.05, 3.63) is 35.9 Å². The first kappa shape index (κ1) is 22.3. The molecule has 0 saturated heterocycles. The monoisotopic (exact) mass is 376 g/mol. The molecule has 0 aliphatic rings. The molecule has 27 heavy (non-hydrogen) atoms. The summed E-state index contributed by atoms with van der Waals surface area (Å²) in [5.74, 6) is -1.39. The number of hydrogen-bond donors (Lipinski definition) is 4. The molecule has 0 saturated carbocycles. The first-order valence-corrected chi connectivity index (χ1v) is 9.00. The number of amides is 3. The summed E-state index contributed by atoms with van der Waals surface area (Å²) in [5.41, 5.74) is 0.869. The van der Waals surface area contributed by atoms with Crippen molar-refractivity contribution in [1.82, 2.24) is 21.3 Å². The maximum absolute atomic E-state index is 12.3. The van der Waals surface area contributed by atoms with E-state index in [-0.39, 0.29) is 37.7 Å². The van der Waals surface area contributed by atoms with Crippen LogP contribution in [0.2, 0.25) is 0 Å². The molecule has 148 valence electrons. The lowest BCUT2D eigenvalue weighted by molar-refractivity contribution is -0.130. The van der Waals surface area contributed by atoms with Crippen molar-refractivity contribution < 1.29 is 19.2 Å². The summed E-state index contributed by atoms with van der Waals surface area (Å²) in [6.07, 6.45) is 1.19. The Bertz CT molecular complexity index is 634. The predicted molar refractivity (Wildman–Crippen MR) is 102 cm³/mol. The lowest BCUT2D eigenvalue weighted by atomic mass is 10.1. The highest BCUT2D eigenvalue weighted by atomic mass is 16.2. The van der Waals surface area contributed by atoms with E-state index in [1.54, 1.807) is 0 Å². The quantitative estimate of drug-likeness (QED) is 0.368. The van der Waals surface area contributed by atoms with Gasteiger partial charge in [0.2, 0.25) is 17.7 Å². The van der Waals surface area contributed by atoms with Crippen molar-refractivity contribution in [2.45, 2.75) is 32.7 Å². The number of ketones is 1. The third-order valence-corrected chi connectivity index (χ3v) is 3.60. The number of rotatable bonds is 12. The summed E-state index contributed by atoms with van der Waals surface area (Å²) in [7, 11) is 0. The summed E-state index contributed by atoms with van der Waals surface area (Å²) in [4.78, 5) is 47.2. The number of Topliss-reactive ketones (excluding diaryl/α,β-unsaturated/α-hetero) is 1. The minimum atomic E-state index is -0.839. The van der Waals surface area contributed by atoms with E-state index in [0.717, 1.165) is 18.5 Å². The normalized spacial score (nSPS) is 11.3. The average Bonchev–Trinajstić information content (AvgIpc) is 2.65. The van der Waals surface area contributed by atoms with Crippen molar-refractivity contribution in [3.63, 3.8) is 0 Å². The molecule has 4 N–H and O–H groups in total. The van der Waals surface area contributed by atoms with Gasteiger partial charge in [-0.3, -0.25) is 19.2 Å². The highest BCUT2D eigenvalue weighted by Gasteiger charge is 2.21. The Kier molecular flexibility index (Phi) is 10.4. The zero-order chi connectivity index (χ0) is 20.1. The molecule has 1 rings (SSSR count). The lowest BCUT2D eigenvalue weighted by Crippen LogP contribution is -2.51. The van der Waals surface area contributed by atoms with Gasteiger partial charge in [0.05, 0.1) is 19.6 Å². The number of nitrogens with one attached hydrogen (secondary N) is 4. The summed E-state index contributed by atoms with van der Waals surface area (Å²) < 4.78 is 0. The number of carbonyl (C=O) groups is 4. The smallest absolute Gasteiger partial charge is 0.243 e. The first-order valence-electron chi connectivity index (χ1n) is 9.00. The molecular weight excluding hydrogens is 348 g/mol. The fraction of sp³-hybridized carbons (Fsp3) is 0.474. The summed E-state index contributed by atoms with van der Waals surface area (Å²) in [5, 5.41) is 10.6. The second-order valence-electron chi connectivity index (χ2n) is 6.18. The van der Waals surface area contributed by atoms with Crippen molar-refractivity contribution in [1.29, 1.82) is 0 Å². The molecule has 8 heteroatoms. The van der Waals surface area contributed by atoms with E-state index in [1.165, 1.54) is 6.92 Å². The zero-order valence-electron chi connectivity index (χ0n) is 15.8. The van der Waals surface area contributed by atoms with Gasteiger partial charge in [0.15, 0.2) is 0 Å². The van der Waals surface area contributed by atoms with E-state index < -0.39 is 17.9 Å². The third-order valence-electron chi connectivity index (χ3n) is 3.60. The van der Waals surface area contributed by atoms with Gasteiger partial charge in [-0.2, -0.15) is 0 Å². The van der Waals surface area contributed by atoms with Gasteiger partial charge < -0.3 is 21.3 Å². The molecule has 0 aliphatic carbocycles. The van der Waals surface area contributed by atoms with Crippen molar-refractivity contribution in [2.75, 3.05) is 26.2 Å². The largest absolute Gasteiger partial charge is 0.347 e. The summed E-state index contributed by atoms with van der Waals surface area (Å²) in [6, 6.07) is 8.39. The Hall–Kier alpha value is -2.74. The minimum Gasteiger partial charge on any atom is -0.347 e. The molecule has 0 bridgehead atoms. The van der Waals surface area contributed by atoms with Crippen molar-refractivity contribution in [3.8, 4) is 0 Å². The van der Waals surface area contributed by atoms with E-state index >= 15 is 0 Å². The van der Waals surface area contributed by atoms with Crippen molar-refractivity contribution >= 4 is 23.5 Å². The van der Waals surface area contributed by atoms with Crippen LogP contribution in [0.25, 0.3) is 0 Å². The molecule has 0 heterocycles. The van der Waals surface area contributed by atoms with E-state index in [9.17, 15) is 19.2 Å². The fourth-order valence-corrected chi connectivity index (χ4v) is 2.26. The molecule has 1 unspecified atom stereocenters. The molecule has 0 fully saturated rings. The third kappa shape index (κ3) is 10.1. The maximum atomic E-state index is 12.3. The predicted octanol–water partition coefficient (Wildman–Crippen LogP) is -0.465. The van der Waals surface area contributed by atoms with Gasteiger partial charge in [0, 0.05) is 6.42 Å². The molecule has 0 aromatic heterocycles. The first-order chi connectivity index (χ1) is 12.9. The Labute approximate surface area is 159 Å². The summed E-state index contributed by atoms with van der Waals surface area (Å²) >= 11 is 0. The highest BCUT2D eigenvalue weighted by molar-refractivity contribution is 5.92. The molecule has 0 aliphatic heterocycles. The van der Waals surface area contributed by atoms with Gasteiger partial charge in [0.1, 0.15) is 11.8 Å². The van der Waals surface area contributed by atoms with Crippen LogP contribution in [-0.2, 0) is 25.6 Å². The lowest BCUT2D eigenvalue weighted by Gasteiger charge is -2.18. The van der Waals surface area contributed by atoms with Crippen LogP contribution in [-0.4, -0.2) is 55.7 Å². The van der Waals surface area contributed by atoms with Crippen LogP contribution >= 0.6 is 0 Å². The number of benzene rings is 1. The second-order valence-corrected chi connectivity index (χ2v) is 6.18. The average molecular weight is 376 g/mol. The van der Waals surface area contributed by atoms with Crippen LogP contribution in [0.4, 0.5) is 0 Å². The Morgan fingerprint density at radius 3 is 2.26 bits per heavy atom. The topological polar surface area (TPSA) is 116 Å². The molecule has 1 aromatic carbocycles. The van der Waals surface area contributed by atoms with Gasteiger partial charge >= 0.3 is 0 Å². The van der Waals surface area contributed by atoms with E-state index in [4.69, 9.17) is 0 Å². The van der Waals surface area contributed by atoms with E-state index in [0.29, 0.717) is 0 Å². The number of carbonyl (C=O) groups excluding carboxylic acids is 4. The Balaban J connectivity index is 2.58. The SMILES string of the molecule is CCCNCC(=O)NCC(=O)NC(Cc1ccccc1)C(=O)NCC(C)=O. The molecular formula is C19H28N4O4. The Morgan fingerprint density at radius 1 is 0.926 bits per heavy atom. The molecule has 0 spiro atoms.